The predicted octanol–water partition coefficient (Wildman–Crippen LogP) is 0.970. The van der Waals surface area contributed by atoms with E-state index in [1.807, 2.05) is 0 Å². The monoisotopic (exact) mass is 327 g/mol. The minimum Gasteiger partial charge on any atom is -0.379 e. The first-order valence-corrected chi connectivity index (χ1v) is 9.61. The van der Waals surface area contributed by atoms with Gasteiger partial charge < -0.3 is 9.63 Å². The molecule has 1 atom stereocenters. The van der Waals surface area contributed by atoms with E-state index in [-0.39, 0.29) is 18.2 Å². The van der Waals surface area contributed by atoms with Crippen LogP contribution >= 0.6 is 0 Å². The van der Waals surface area contributed by atoms with Crippen LogP contribution in [-0.2, 0) is 15.6 Å². The third-order valence-corrected chi connectivity index (χ3v) is 6.72. The third kappa shape index (κ3) is 2.79. The van der Waals surface area contributed by atoms with Crippen LogP contribution in [0.5, 0.6) is 0 Å². The predicted molar refractivity (Wildman–Crippen MR) is 77.5 cm³/mol. The van der Waals surface area contributed by atoms with E-state index in [0.29, 0.717) is 30.6 Å². The van der Waals surface area contributed by atoms with Gasteiger partial charge in [0.1, 0.15) is 0 Å². The average Bonchev–Trinajstić information content (AvgIpc) is 3.40. The van der Waals surface area contributed by atoms with Crippen LogP contribution < -0.4 is 0 Å². The van der Waals surface area contributed by atoms with E-state index in [9.17, 15) is 13.5 Å². The Morgan fingerprint density at radius 3 is 2.77 bits per heavy atom. The Morgan fingerprint density at radius 1 is 1.32 bits per heavy atom. The second-order valence-electron chi connectivity index (χ2n) is 6.90. The third-order valence-electron chi connectivity index (χ3n) is 4.87. The second kappa shape index (κ2) is 5.01. The van der Waals surface area contributed by atoms with Gasteiger partial charge in [-0.1, -0.05) is 18.0 Å². The van der Waals surface area contributed by atoms with Crippen molar-refractivity contribution in [2.24, 2.45) is 5.92 Å². The van der Waals surface area contributed by atoms with Crippen LogP contribution in [0.2, 0.25) is 0 Å². The molecule has 3 aliphatic rings. The van der Waals surface area contributed by atoms with E-state index >= 15 is 0 Å². The van der Waals surface area contributed by atoms with Crippen LogP contribution in [0.4, 0.5) is 0 Å². The van der Waals surface area contributed by atoms with Gasteiger partial charge in [-0.3, -0.25) is 0 Å². The van der Waals surface area contributed by atoms with Crippen LogP contribution in [-0.4, -0.2) is 46.8 Å². The Hall–Kier alpha value is -0.990. The largest absolute Gasteiger partial charge is 0.379 e. The van der Waals surface area contributed by atoms with Crippen molar-refractivity contribution in [2.75, 3.05) is 18.8 Å². The van der Waals surface area contributed by atoms with Crippen LogP contribution in [0.15, 0.2) is 4.52 Å². The lowest BCUT2D eigenvalue weighted by Gasteiger charge is -2.19. The molecule has 8 heteroatoms. The van der Waals surface area contributed by atoms with E-state index < -0.39 is 15.6 Å². The number of hydrogen-bond donors (Lipinski definition) is 1. The summed E-state index contributed by atoms with van der Waals surface area (Å²) in [5.41, 5.74) is -1.34. The quantitative estimate of drug-likeness (QED) is 0.836. The summed E-state index contributed by atoms with van der Waals surface area (Å²) in [6, 6.07) is 0. The van der Waals surface area contributed by atoms with Crippen LogP contribution in [0.25, 0.3) is 0 Å². The molecule has 2 heterocycles. The summed E-state index contributed by atoms with van der Waals surface area (Å²) in [4.78, 5) is 4.28. The van der Waals surface area contributed by atoms with E-state index in [1.165, 1.54) is 4.31 Å². The molecular formula is C14H21N3O4S. The number of aromatic nitrogens is 2. The zero-order valence-electron chi connectivity index (χ0n) is 12.4. The molecule has 2 aliphatic carbocycles. The highest BCUT2D eigenvalue weighted by Gasteiger charge is 2.47. The number of rotatable bonds is 6. The first-order valence-electron chi connectivity index (χ1n) is 8.01. The molecule has 1 aliphatic heterocycles. The summed E-state index contributed by atoms with van der Waals surface area (Å²) in [5, 5.41) is 14.6. The van der Waals surface area contributed by atoms with Crippen LogP contribution in [0.1, 0.15) is 56.2 Å². The van der Waals surface area contributed by atoms with Gasteiger partial charge in [-0.25, -0.2) is 8.42 Å². The second-order valence-corrected chi connectivity index (χ2v) is 8.98. The Labute approximate surface area is 129 Å². The van der Waals surface area contributed by atoms with Gasteiger partial charge in [-0.2, -0.15) is 9.29 Å². The number of hydrogen-bond acceptors (Lipinski definition) is 6. The zero-order chi connectivity index (χ0) is 15.4. The smallest absolute Gasteiger partial charge is 0.260 e. The fraction of sp³-hybridized carbons (Fsp3) is 0.857. The molecule has 0 unspecified atom stereocenters. The molecule has 0 amide bonds. The van der Waals surface area contributed by atoms with Gasteiger partial charge in [0.15, 0.2) is 11.4 Å². The Bertz CT molecular complexity index is 665. The van der Waals surface area contributed by atoms with Gasteiger partial charge in [0.2, 0.25) is 10.0 Å². The average molecular weight is 327 g/mol. The Balaban J connectivity index is 1.45. The zero-order valence-corrected chi connectivity index (χ0v) is 13.3. The molecule has 0 spiro atoms. The fourth-order valence-electron chi connectivity index (χ4n) is 2.95. The molecule has 1 saturated heterocycles. The Kier molecular flexibility index (Phi) is 3.32. The molecule has 122 valence electrons. The SMILES string of the molecule is O=S(=O)(CCC1CC1)N1CC[C@@](O)(c2nc(C3CC3)no2)C1. The van der Waals surface area contributed by atoms with Crippen molar-refractivity contribution in [1.29, 1.82) is 0 Å². The van der Waals surface area contributed by atoms with Crippen molar-refractivity contribution in [3.8, 4) is 0 Å². The summed E-state index contributed by atoms with van der Waals surface area (Å²) >= 11 is 0. The van der Waals surface area contributed by atoms with Crippen molar-refractivity contribution in [2.45, 2.75) is 50.0 Å². The molecule has 3 fully saturated rings. The molecule has 1 N–H and O–H groups in total. The lowest BCUT2D eigenvalue weighted by Crippen LogP contribution is -2.36. The molecule has 0 radical (unpaired) electrons. The van der Waals surface area contributed by atoms with Crippen molar-refractivity contribution in [3.63, 3.8) is 0 Å². The lowest BCUT2D eigenvalue weighted by atomic mass is 10.0. The first-order chi connectivity index (χ1) is 10.5. The molecule has 1 aromatic rings. The van der Waals surface area contributed by atoms with Gasteiger partial charge >= 0.3 is 0 Å². The highest BCUT2D eigenvalue weighted by molar-refractivity contribution is 7.89. The number of nitrogens with zero attached hydrogens (tertiary/aromatic N) is 3. The van der Waals surface area contributed by atoms with Crippen LogP contribution in [0, 0.1) is 5.92 Å². The van der Waals surface area contributed by atoms with Gasteiger partial charge in [0.05, 0.1) is 12.3 Å². The summed E-state index contributed by atoms with van der Waals surface area (Å²) in [5.74, 6) is 1.90. The number of sulfonamides is 1. The van der Waals surface area contributed by atoms with Crippen molar-refractivity contribution < 1.29 is 18.0 Å². The minimum absolute atomic E-state index is 0.0201. The molecule has 1 aromatic heterocycles. The minimum atomic E-state index is -3.31. The number of aliphatic hydroxyl groups is 1. The van der Waals surface area contributed by atoms with Gasteiger partial charge in [0, 0.05) is 18.9 Å². The van der Waals surface area contributed by atoms with E-state index in [0.717, 1.165) is 32.1 Å². The standard InChI is InChI=1S/C14H21N3O4S/c18-14(13-15-12(16-21-13)11-3-4-11)6-7-17(9-14)22(19,20)8-5-10-1-2-10/h10-11,18H,1-9H2/t14-/m0/s1. The molecule has 0 aromatic carbocycles. The van der Waals surface area contributed by atoms with E-state index in [2.05, 4.69) is 10.1 Å². The lowest BCUT2D eigenvalue weighted by molar-refractivity contribution is 0.0194. The van der Waals surface area contributed by atoms with Gasteiger partial charge in [0.25, 0.3) is 5.89 Å². The fourth-order valence-corrected chi connectivity index (χ4v) is 4.62. The summed E-state index contributed by atoms with van der Waals surface area (Å²) < 4.78 is 31.3. The molecule has 22 heavy (non-hydrogen) atoms. The molecular weight excluding hydrogens is 306 g/mol. The maximum atomic E-state index is 12.4. The van der Waals surface area contributed by atoms with E-state index in [4.69, 9.17) is 4.52 Å². The van der Waals surface area contributed by atoms with Crippen LogP contribution in [0.3, 0.4) is 0 Å². The topological polar surface area (TPSA) is 96.5 Å². The van der Waals surface area contributed by atoms with Crippen molar-refractivity contribution in [1.82, 2.24) is 14.4 Å². The van der Waals surface area contributed by atoms with Gasteiger partial charge in [-0.15, -0.1) is 0 Å². The summed E-state index contributed by atoms with van der Waals surface area (Å²) in [6.07, 6.45) is 5.43. The number of β-amino-alcohol motifs (C(OH)–C–C–N with tert-alkyl or cyclic N) is 1. The first kappa shape index (κ1) is 14.6. The highest BCUT2D eigenvalue weighted by atomic mass is 32.2. The normalized spacial score (nSPS) is 30.0. The summed E-state index contributed by atoms with van der Waals surface area (Å²) in [6.45, 7) is 0.330. The molecule has 4 rings (SSSR count). The maximum absolute atomic E-state index is 12.4. The van der Waals surface area contributed by atoms with E-state index in [1.54, 1.807) is 0 Å². The molecule has 7 nitrogen and oxygen atoms in total. The maximum Gasteiger partial charge on any atom is 0.260 e. The molecule has 2 saturated carbocycles. The highest BCUT2D eigenvalue weighted by Crippen LogP contribution is 2.40. The van der Waals surface area contributed by atoms with Crippen molar-refractivity contribution in [3.05, 3.63) is 11.7 Å². The summed E-state index contributed by atoms with van der Waals surface area (Å²) in [7, 11) is -3.31. The molecule has 0 bridgehead atoms. The Morgan fingerprint density at radius 2 is 2.09 bits per heavy atom. The van der Waals surface area contributed by atoms with Gasteiger partial charge in [-0.05, 0) is 25.2 Å². The van der Waals surface area contributed by atoms with Crippen molar-refractivity contribution >= 4 is 10.0 Å².